The zero-order valence-corrected chi connectivity index (χ0v) is 17.0. The number of hydrogen-bond acceptors (Lipinski definition) is 7. The summed E-state index contributed by atoms with van der Waals surface area (Å²) >= 11 is 0. The monoisotopic (exact) mass is 407 g/mol. The number of amides is 1. The Morgan fingerprint density at radius 2 is 2.23 bits per heavy atom. The van der Waals surface area contributed by atoms with Crippen LogP contribution in [0.15, 0.2) is 30.5 Å². The second kappa shape index (κ2) is 7.91. The molecule has 0 aromatic carbocycles. The minimum Gasteiger partial charge on any atom is -0.493 e. The fourth-order valence-corrected chi connectivity index (χ4v) is 4.12. The fourth-order valence-electron chi connectivity index (χ4n) is 4.12. The molecule has 5 rings (SSSR count). The first kappa shape index (κ1) is 18.8. The number of anilines is 2. The van der Waals surface area contributed by atoms with Crippen molar-refractivity contribution >= 4 is 23.2 Å². The number of imidazole rings is 1. The second-order valence-electron chi connectivity index (χ2n) is 7.69. The van der Waals surface area contributed by atoms with Gasteiger partial charge in [0.15, 0.2) is 17.2 Å². The molecule has 2 saturated heterocycles. The number of aromatic nitrogens is 4. The van der Waals surface area contributed by atoms with Crippen molar-refractivity contribution in [3.8, 4) is 17.1 Å². The van der Waals surface area contributed by atoms with E-state index in [1.165, 1.54) is 0 Å². The van der Waals surface area contributed by atoms with Crippen LogP contribution in [0.25, 0.3) is 17.0 Å². The molecule has 2 aliphatic heterocycles. The number of methoxy groups -OCH3 is 1. The van der Waals surface area contributed by atoms with Crippen molar-refractivity contribution in [2.45, 2.75) is 31.7 Å². The van der Waals surface area contributed by atoms with Crippen LogP contribution in [0.2, 0.25) is 0 Å². The maximum absolute atomic E-state index is 12.3. The lowest BCUT2D eigenvalue weighted by Crippen LogP contribution is -2.38. The van der Waals surface area contributed by atoms with E-state index in [1.54, 1.807) is 22.7 Å². The summed E-state index contributed by atoms with van der Waals surface area (Å²) in [5.41, 5.74) is 2.19. The highest BCUT2D eigenvalue weighted by Gasteiger charge is 2.27. The Kier molecular flexibility index (Phi) is 4.96. The molecule has 5 heterocycles. The fraction of sp³-hybridized carbons (Fsp3) is 0.429. The lowest BCUT2D eigenvalue weighted by molar-refractivity contribution is -0.117. The molecule has 0 unspecified atom stereocenters. The Labute approximate surface area is 174 Å². The van der Waals surface area contributed by atoms with Crippen molar-refractivity contribution in [2.75, 3.05) is 37.0 Å². The largest absolute Gasteiger partial charge is 0.493 e. The third kappa shape index (κ3) is 3.45. The van der Waals surface area contributed by atoms with Crippen LogP contribution < -0.4 is 20.3 Å². The Bertz CT molecular complexity index is 1070. The lowest BCUT2D eigenvalue weighted by atomic mass is 10.1. The average Bonchev–Trinajstić information content (AvgIpc) is 3.39. The van der Waals surface area contributed by atoms with E-state index >= 15 is 0 Å². The summed E-state index contributed by atoms with van der Waals surface area (Å²) in [7, 11) is 1.58. The van der Waals surface area contributed by atoms with E-state index < -0.39 is 0 Å². The third-order valence-corrected chi connectivity index (χ3v) is 5.65. The summed E-state index contributed by atoms with van der Waals surface area (Å²) < 4.78 is 7.23. The van der Waals surface area contributed by atoms with Crippen LogP contribution in [0.1, 0.15) is 25.7 Å². The maximum atomic E-state index is 12.3. The predicted octanol–water partition coefficient (Wildman–Crippen LogP) is 2.09. The van der Waals surface area contributed by atoms with Crippen molar-refractivity contribution in [1.29, 1.82) is 0 Å². The van der Waals surface area contributed by atoms with Crippen molar-refractivity contribution in [2.24, 2.45) is 0 Å². The van der Waals surface area contributed by atoms with Gasteiger partial charge in [-0.1, -0.05) is 6.07 Å². The summed E-state index contributed by atoms with van der Waals surface area (Å²) in [6.45, 7) is 2.66. The number of ether oxygens (including phenoxy) is 1. The summed E-state index contributed by atoms with van der Waals surface area (Å²) in [4.78, 5) is 23.2. The number of pyridine rings is 1. The number of nitrogens with zero attached hydrogens (tertiary/aromatic N) is 5. The third-order valence-electron chi connectivity index (χ3n) is 5.65. The van der Waals surface area contributed by atoms with E-state index in [-0.39, 0.29) is 5.91 Å². The van der Waals surface area contributed by atoms with E-state index in [2.05, 4.69) is 15.6 Å². The molecule has 0 spiro atoms. The maximum Gasteiger partial charge on any atom is 0.228 e. The Balaban J connectivity index is 1.51. The molecule has 9 heteroatoms. The smallest absolute Gasteiger partial charge is 0.228 e. The number of nitrogens with one attached hydrogen (secondary N) is 2. The predicted molar refractivity (Wildman–Crippen MR) is 114 cm³/mol. The number of fused-ring (bicyclic) bond motifs is 1. The zero-order valence-electron chi connectivity index (χ0n) is 17.0. The Hall–Kier alpha value is -3.20. The Morgan fingerprint density at radius 3 is 3.00 bits per heavy atom. The van der Waals surface area contributed by atoms with E-state index in [1.807, 2.05) is 24.3 Å². The SMILES string of the molecule is COc1cc2ncc(-c3cccc(N[C@@H]4CCCNC4)n3)n2nc1N1CCCC1=O. The van der Waals surface area contributed by atoms with Crippen molar-refractivity contribution in [3.63, 3.8) is 0 Å². The van der Waals surface area contributed by atoms with Crippen molar-refractivity contribution in [1.82, 2.24) is 24.9 Å². The van der Waals surface area contributed by atoms with E-state index in [0.717, 1.165) is 49.6 Å². The van der Waals surface area contributed by atoms with Crippen LogP contribution in [-0.2, 0) is 4.79 Å². The quantitative estimate of drug-likeness (QED) is 0.668. The molecule has 1 atom stereocenters. The molecule has 156 valence electrons. The highest BCUT2D eigenvalue weighted by Crippen LogP contribution is 2.31. The highest BCUT2D eigenvalue weighted by atomic mass is 16.5. The number of rotatable bonds is 5. The van der Waals surface area contributed by atoms with Crippen LogP contribution in [0.5, 0.6) is 5.75 Å². The van der Waals surface area contributed by atoms with Gasteiger partial charge in [0.1, 0.15) is 11.5 Å². The van der Waals surface area contributed by atoms with Crippen LogP contribution in [0, 0.1) is 0 Å². The van der Waals surface area contributed by atoms with E-state index in [4.69, 9.17) is 14.8 Å². The van der Waals surface area contributed by atoms with Gasteiger partial charge in [-0.05, 0) is 37.9 Å². The normalized spacial score (nSPS) is 19.4. The highest BCUT2D eigenvalue weighted by molar-refractivity contribution is 5.95. The molecule has 30 heavy (non-hydrogen) atoms. The number of hydrogen-bond donors (Lipinski definition) is 2. The summed E-state index contributed by atoms with van der Waals surface area (Å²) in [5.74, 6) is 1.96. The van der Waals surface area contributed by atoms with Gasteiger partial charge >= 0.3 is 0 Å². The molecule has 9 nitrogen and oxygen atoms in total. The average molecular weight is 407 g/mol. The molecule has 2 aliphatic rings. The topological polar surface area (TPSA) is 96.7 Å². The molecule has 2 fully saturated rings. The molecule has 1 amide bonds. The lowest BCUT2D eigenvalue weighted by Gasteiger charge is -2.24. The standard InChI is InChI=1S/C21H25N7O2/c1-30-17-11-19-23-13-16(28(19)26-21(17)27-10-4-8-20(27)29)15-6-2-7-18(25-15)24-14-5-3-9-22-12-14/h2,6-7,11,13-14,22H,3-5,8-10,12H2,1H3,(H,24,25)/t14-/m1/s1. The first-order chi connectivity index (χ1) is 14.7. The van der Waals surface area contributed by atoms with Crippen molar-refractivity contribution in [3.05, 3.63) is 30.5 Å². The zero-order chi connectivity index (χ0) is 20.5. The molecule has 0 aliphatic carbocycles. The van der Waals surface area contributed by atoms with Crippen molar-refractivity contribution < 1.29 is 9.53 Å². The number of piperidine rings is 1. The Morgan fingerprint density at radius 1 is 1.30 bits per heavy atom. The first-order valence-corrected chi connectivity index (χ1v) is 10.4. The minimum atomic E-state index is 0.0622. The van der Waals surface area contributed by atoms with Crippen LogP contribution in [0.4, 0.5) is 11.6 Å². The molecule has 3 aromatic heterocycles. The van der Waals surface area contributed by atoms with Gasteiger partial charge in [-0.15, -0.1) is 5.10 Å². The summed E-state index contributed by atoms with van der Waals surface area (Å²) in [5, 5.41) is 11.6. The van der Waals surface area contributed by atoms with Gasteiger partial charge in [0.05, 0.1) is 19.0 Å². The van der Waals surface area contributed by atoms with Gasteiger partial charge < -0.3 is 15.4 Å². The molecular weight excluding hydrogens is 382 g/mol. The van der Waals surface area contributed by atoms with Crippen LogP contribution in [-0.4, -0.2) is 58.3 Å². The van der Waals surface area contributed by atoms with Crippen LogP contribution >= 0.6 is 0 Å². The minimum absolute atomic E-state index is 0.0622. The molecule has 0 radical (unpaired) electrons. The molecule has 2 N–H and O–H groups in total. The molecule has 0 saturated carbocycles. The van der Waals surface area contributed by atoms with Gasteiger partial charge in [-0.2, -0.15) is 0 Å². The summed E-state index contributed by atoms with van der Waals surface area (Å²) in [6, 6.07) is 8.09. The van der Waals surface area contributed by atoms with Gasteiger partial charge in [-0.25, -0.2) is 14.5 Å². The van der Waals surface area contributed by atoms with Gasteiger partial charge in [0.2, 0.25) is 5.91 Å². The van der Waals surface area contributed by atoms with Gasteiger partial charge in [0.25, 0.3) is 0 Å². The molecule has 3 aromatic rings. The van der Waals surface area contributed by atoms with Crippen LogP contribution in [0.3, 0.4) is 0 Å². The number of carbonyl (C=O) groups excluding carboxylic acids is 1. The molecular formula is C21H25N7O2. The number of carbonyl (C=O) groups is 1. The summed E-state index contributed by atoms with van der Waals surface area (Å²) in [6.07, 6.45) is 5.40. The second-order valence-corrected chi connectivity index (χ2v) is 7.69. The molecule has 0 bridgehead atoms. The van der Waals surface area contributed by atoms with E-state index in [9.17, 15) is 4.79 Å². The van der Waals surface area contributed by atoms with Gasteiger partial charge in [0, 0.05) is 31.6 Å². The van der Waals surface area contributed by atoms with Gasteiger partial charge in [-0.3, -0.25) is 9.69 Å². The first-order valence-electron chi connectivity index (χ1n) is 10.4. The van der Waals surface area contributed by atoms with E-state index in [0.29, 0.717) is 36.2 Å².